The average molecular weight is 252 g/mol. The van der Waals surface area contributed by atoms with Crippen LogP contribution in [0.25, 0.3) is 0 Å². The van der Waals surface area contributed by atoms with Gasteiger partial charge in [-0.2, -0.15) is 5.10 Å². The standard InChI is InChI=1S/C11H16N4O3/c1-2-18-9(16)6-13-11(17)10-7-5-12-4-3-8(7)14-15-10/h12H,2-6H2,1H3,(H,13,17)(H,14,15). The molecule has 1 amide bonds. The number of hydrogen-bond acceptors (Lipinski definition) is 5. The van der Waals surface area contributed by atoms with Gasteiger partial charge in [-0.15, -0.1) is 0 Å². The molecular weight excluding hydrogens is 236 g/mol. The van der Waals surface area contributed by atoms with Crippen molar-refractivity contribution in [3.63, 3.8) is 0 Å². The summed E-state index contributed by atoms with van der Waals surface area (Å²) in [7, 11) is 0. The molecule has 0 fully saturated rings. The van der Waals surface area contributed by atoms with Crippen LogP contribution in [-0.2, 0) is 22.5 Å². The summed E-state index contributed by atoms with van der Waals surface area (Å²) in [5.41, 5.74) is 2.21. The molecule has 3 N–H and O–H groups in total. The van der Waals surface area contributed by atoms with E-state index in [1.165, 1.54) is 0 Å². The van der Waals surface area contributed by atoms with Crippen molar-refractivity contribution in [2.45, 2.75) is 19.9 Å². The van der Waals surface area contributed by atoms with E-state index in [0.29, 0.717) is 18.8 Å². The second-order valence-corrected chi connectivity index (χ2v) is 3.94. The number of nitrogens with one attached hydrogen (secondary N) is 3. The van der Waals surface area contributed by atoms with Crippen LogP contribution >= 0.6 is 0 Å². The number of carbonyl (C=O) groups is 2. The predicted octanol–water partition coefficient (Wildman–Crippen LogP) is -0.652. The number of amides is 1. The summed E-state index contributed by atoms with van der Waals surface area (Å²) in [5.74, 6) is -0.808. The van der Waals surface area contributed by atoms with Crippen molar-refractivity contribution in [3.8, 4) is 0 Å². The first-order valence-electron chi connectivity index (χ1n) is 5.93. The summed E-state index contributed by atoms with van der Waals surface area (Å²) in [6.45, 7) is 3.38. The average Bonchev–Trinajstić information content (AvgIpc) is 2.80. The van der Waals surface area contributed by atoms with Crippen molar-refractivity contribution in [2.24, 2.45) is 0 Å². The van der Waals surface area contributed by atoms with Gasteiger partial charge in [0, 0.05) is 30.8 Å². The molecule has 2 heterocycles. The van der Waals surface area contributed by atoms with E-state index in [1.807, 2.05) is 0 Å². The van der Waals surface area contributed by atoms with E-state index in [9.17, 15) is 9.59 Å². The molecule has 0 aliphatic carbocycles. The third-order valence-corrected chi connectivity index (χ3v) is 2.72. The number of H-pyrrole nitrogens is 1. The molecule has 0 atom stereocenters. The number of esters is 1. The third-order valence-electron chi connectivity index (χ3n) is 2.72. The Balaban J connectivity index is 1.97. The predicted molar refractivity (Wildman–Crippen MR) is 63.0 cm³/mol. The third kappa shape index (κ3) is 2.67. The molecule has 0 saturated heterocycles. The van der Waals surface area contributed by atoms with Gasteiger partial charge in [-0.3, -0.25) is 14.7 Å². The Morgan fingerprint density at radius 2 is 2.33 bits per heavy atom. The first-order valence-corrected chi connectivity index (χ1v) is 5.93. The zero-order valence-electron chi connectivity index (χ0n) is 10.2. The van der Waals surface area contributed by atoms with Crippen molar-refractivity contribution in [2.75, 3.05) is 19.7 Å². The summed E-state index contributed by atoms with van der Waals surface area (Å²) in [6.07, 6.45) is 0.827. The Bertz CT molecular complexity index is 455. The lowest BCUT2D eigenvalue weighted by atomic mass is 10.1. The molecule has 18 heavy (non-hydrogen) atoms. The molecule has 2 rings (SSSR count). The fraction of sp³-hybridized carbons (Fsp3) is 0.545. The molecular formula is C11H16N4O3. The number of hydrogen-bond donors (Lipinski definition) is 3. The van der Waals surface area contributed by atoms with Crippen LogP contribution in [-0.4, -0.2) is 41.8 Å². The van der Waals surface area contributed by atoms with Gasteiger partial charge in [0.25, 0.3) is 5.91 Å². The van der Waals surface area contributed by atoms with E-state index in [0.717, 1.165) is 24.2 Å². The lowest BCUT2D eigenvalue weighted by Crippen LogP contribution is -2.32. The molecule has 0 bridgehead atoms. The van der Waals surface area contributed by atoms with Gasteiger partial charge < -0.3 is 15.4 Å². The first kappa shape index (κ1) is 12.6. The number of fused-ring (bicyclic) bond motifs is 1. The molecule has 0 saturated carbocycles. The monoisotopic (exact) mass is 252 g/mol. The molecule has 98 valence electrons. The van der Waals surface area contributed by atoms with Crippen molar-refractivity contribution >= 4 is 11.9 Å². The van der Waals surface area contributed by atoms with Crippen LogP contribution < -0.4 is 10.6 Å². The van der Waals surface area contributed by atoms with E-state index in [1.54, 1.807) is 6.92 Å². The quantitative estimate of drug-likeness (QED) is 0.619. The smallest absolute Gasteiger partial charge is 0.325 e. The number of aromatic nitrogens is 2. The van der Waals surface area contributed by atoms with E-state index in [4.69, 9.17) is 4.74 Å². The van der Waals surface area contributed by atoms with Crippen molar-refractivity contribution in [1.82, 2.24) is 20.8 Å². The maximum absolute atomic E-state index is 11.9. The Hall–Kier alpha value is -1.89. The largest absolute Gasteiger partial charge is 0.465 e. The van der Waals surface area contributed by atoms with E-state index < -0.39 is 5.97 Å². The highest BCUT2D eigenvalue weighted by Crippen LogP contribution is 2.14. The SMILES string of the molecule is CCOC(=O)CNC(=O)c1n[nH]c2c1CNCC2. The molecule has 0 radical (unpaired) electrons. The second kappa shape index (κ2) is 5.63. The fourth-order valence-corrected chi connectivity index (χ4v) is 1.86. The second-order valence-electron chi connectivity index (χ2n) is 3.94. The van der Waals surface area contributed by atoms with Crippen molar-refractivity contribution in [3.05, 3.63) is 17.0 Å². The molecule has 1 aliphatic rings. The van der Waals surface area contributed by atoms with Crippen molar-refractivity contribution < 1.29 is 14.3 Å². The van der Waals surface area contributed by atoms with Gasteiger partial charge in [0.1, 0.15) is 6.54 Å². The molecule has 1 aliphatic heterocycles. The lowest BCUT2D eigenvalue weighted by Gasteiger charge is -2.12. The van der Waals surface area contributed by atoms with E-state index in [2.05, 4.69) is 20.8 Å². The van der Waals surface area contributed by atoms with Gasteiger partial charge in [-0.1, -0.05) is 0 Å². The Morgan fingerprint density at radius 3 is 3.11 bits per heavy atom. The molecule has 1 aromatic heterocycles. The highest BCUT2D eigenvalue weighted by molar-refractivity contribution is 5.95. The summed E-state index contributed by atoms with van der Waals surface area (Å²) < 4.78 is 4.73. The minimum atomic E-state index is -0.451. The number of nitrogens with zero attached hydrogens (tertiary/aromatic N) is 1. The zero-order chi connectivity index (χ0) is 13.0. The Labute approximate surface area is 104 Å². The van der Waals surface area contributed by atoms with Crippen LogP contribution in [0, 0.1) is 0 Å². The number of ether oxygens (including phenoxy) is 1. The molecule has 7 nitrogen and oxygen atoms in total. The maximum atomic E-state index is 11.9. The minimum absolute atomic E-state index is 0.137. The highest BCUT2D eigenvalue weighted by atomic mass is 16.5. The number of rotatable bonds is 4. The van der Waals surface area contributed by atoms with Crippen LogP contribution in [0.5, 0.6) is 0 Å². The van der Waals surface area contributed by atoms with Gasteiger partial charge >= 0.3 is 5.97 Å². The minimum Gasteiger partial charge on any atom is -0.465 e. The fourth-order valence-electron chi connectivity index (χ4n) is 1.86. The van der Waals surface area contributed by atoms with Gasteiger partial charge in [0.05, 0.1) is 6.61 Å². The molecule has 0 spiro atoms. The topological polar surface area (TPSA) is 96.1 Å². The van der Waals surface area contributed by atoms with Gasteiger partial charge in [0.2, 0.25) is 0 Å². The lowest BCUT2D eigenvalue weighted by molar-refractivity contribution is -0.141. The number of aromatic amines is 1. The van der Waals surface area contributed by atoms with Crippen LogP contribution in [0.3, 0.4) is 0 Å². The maximum Gasteiger partial charge on any atom is 0.325 e. The molecule has 7 heteroatoms. The van der Waals surface area contributed by atoms with Gasteiger partial charge in [0.15, 0.2) is 5.69 Å². The van der Waals surface area contributed by atoms with Crippen LogP contribution in [0.15, 0.2) is 0 Å². The molecule has 0 unspecified atom stereocenters. The zero-order valence-corrected chi connectivity index (χ0v) is 10.2. The van der Waals surface area contributed by atoms with Crippen LogP contribution in [0.1, 0.15) is 28.7 Å². The van der Waals surface area contributed by atoms with Gasteiger partial charge in [-0.05, 0) is 6.92 Å². The normalized spacial score (nSPS) is 13.8. The summed E-state index contributed by atoms with van der Waals surface area (Å²) in [4.78, 5) is 23.0. The highest BCUT2D eigenvalue weighted by Gasteiger charge is 2.21. The van der Waals surface area contributed by atoms with Crippen LogP contribution in [0.2, 0.25) is 0 Å². The summed E-state index contributed by atoms with van der Waals surface area (Å²) in [6, 6.07) is 0. The first-order chi connectivity index (χ1) is 8.72. The Morgan fingerprint density at radius 1 is 1.50 bits per heavy atom. The molecule has 0 aromatic carbocycles. The van der Waals surface area contributed by atoms with E-state index >= 15 is 0 Å². The number of carbonyl (C=O) groups excluding carboxylic acids is 2. The molecule has 1 aromatic rings. The summed E-state index contributed by atoms with van der Waals surface area (Å²) >= 11 is 0. The van der Waals surface area contributed by atoms with Crippen LogP contribution in [0.4, 0.5) is 0 Å². The Kier molecular flexibility index (Phi) is 3.93. The van der Waals surface area contributed by atoms with Gasteiger partial charge in [-0.25, -0.2) is 0 Å². The van der Waals surface area contributed by atoms with E-state index in [-0.39, 0.29) is 12.5 Å². The summed E-state index contributed by atoms with van der Waals surface area (Å²) in [5, 5.41) is 12.5. The van der Waals surface area contributed by atoms with Crippen molar-refractivity contribution in [1.29, 1.82) is 0 Å².